The van der Waals surface area contributed by atoms with E-state index in [4.69, 9.17) is 21.1 Å². The summed E-state index contributed by atoms with van der Waals surface area (Å²) >= 11 is 6.29. The van der Waals surface area contributed by atoms with E-state index in [1.807, 2.05) is 18.2 Å². The van der Waals surface area contributed by atoms with Crippen LogP contribution in [-0.2, 0) is 4.74 Å². The first-order valence-electron chi connectivity index (χ1n) is 11.2. The first-order valence-corrected chi connectivity index (χ1v) is 11.6. The number of amides is 1. The Morgan fingerprint density at radius 1 is 1.22 bits per heavy atom. The molecule has 5 nitrogen and oxygen atoms in total. The third kappa shape index (κ3) is 4.06. The van der Waals surface area contributed by atoms with Gasteiger partial charge < -0.3 is 14.8 Å². The molecule has 1 N–H and O–H groups in total. The SMILES string of the molecule is CC1(C)COc2cc(-c3cc(F)ccc3Cl)ccc2C1NC(=O)O[C@@H]1CN2CCC1CC2. The lowest BCUT2D eigenvalue weighted by Gasteiger charge is -2.44. The summed E-state index contributed by atoms with van der Waals surface area (Å²) in [5, 5.41) is 3.58. The van der Waals surface area contributed by atoms with E-state index >= 15 is 0 Å². The molecule has 1 unspecified atom stereocenters. The van der Waals surface area contributed by atoms with Crippen LogP contribution in [0.1, 0.15) is 38.3 Å². The summed E-state index contributed by atoms with van der Waals surface area (Å²) in [7, 11) is 0. The van der Waals surface area contributed by atoms with Crippen LogP contribution >= 0.6 is 11.6 Å². The zero-order valence-electron chi connectivity index (χ0n) is 18.4. The molecule has 0 saturated carbocycles. The number of halogens is 2. The monoisotopic (exact) mass is 458 g/mol. The van der Waals surface area contributed by atoms with E-state index in [-0.39, 0.29) is 29.5 Å². The Morgan fingerprint density at radius 2 is 2.00 bits per heavy atom. The molecule has 2 aromatic carbocycles. The maximum atomic E-state index is 13.8. The zero-order valence-corrected chi connectivity index (χ0v) is 19.1. The van der Waals surface area contributed by atoms with E-state index in [2.05, 4.69) is 24.1 Å². The minimum absolute atomic E-state index is 0.0441. The Kier molecular flexibility index (Phi) is 5.54. The number of alkyl carbamates (subject to hydrolysis) is 1. The Balaban J connectivity index is 1.37. The third-order valence-corrected chi connectivity index (χ3v) is 7.39. The standard InChI is InChI=1S/C25H28ClFN2O3/c1-25(2)14-31-21-11-16(19-12-17(27)4-6-20(19)26)3-5-18(21)23(25)28-24(30)32-22-13-29-9-7-15(22)8-10-29/h3-6,11-12,15,22-23H,7-10,13-14H2,1-2H3,(H,28,30)/t22-,23?/m1/s1. The van der Waals surface area contributed by atoms with Gasteiger partial charge in [-0.1, -0.05) is 37.6 Å². The van der Waals surface area contributed by atoms with E-state index in [0.29, 0.717) is 28.9 Å². The topological polar surface area (TPSA) is 50.8 Å². The number of rotatable bonds is 3. The molecule has 3 saturated heterocycles. The molecule has 2 atom stereocenters. The van der Waals surface area contributed by atoms with Crippen LogP contribution in [-0.4, -0.2) is 43.3 Å². The largest absolute Gasteiger partial charge is 0.493 e. The fourth-order valence-electron chi connectivity index (χ4n) is 5.16. The average molecular weight is 459 g/mol. The van der Waals surface area contributed by atoms with Crippen LogP contribution < -0.4 is 10.1 Å². The van der Waals surface area contributed by atoms with Gasteiger partial charge in [0, 0.05) is 28.1 Å². The van der Waals surface area contributed by atoms with Gasteiger partial charge in [0.2, 0.25) is 0 Å². The molecule has 4 aliphatic rings. The van der Waals surface area contributed by atoms with Crippen molar-refractivity contribution in [2.75, 3.05) is 26.2 Å². The highest BCUT2D eigenvalue weighted by Gasteiger charge is 2.41. The maximum absolute atomic E-state index is 13.8. The molecule has 0 spiro atoms. The minimum atomic E-state index is -0.382. The molecule has 32 heavy (non-hydrogen) atoms. The first-order chi connectivity index (χ1) is 15.3. The number of piperidine rings is 3. The highest BCUT2D eigenvalue weighted by atomic mass is 35.5. The molecule has 170 valence electrons. The summed E-state index contributed by atoms with van der Waals surface area (Å²) in [6.07, 6.45) is 1.76. The van der Waals surface area contributed by atoms with Crippen molar-refractivity contribution in [2.24, 2.45) is 11.3 Å². The molecule has 0 aromatic heterocycles. The predicted octanol–water partition coefficient (Wildman–Crippen LogP) is 5.43. The molecular weight excluding hydrogens is 431 g/mol. The number of ether oxygens (including phenoxy) is 2. The van der Waals surface area contributed by atoms with Gasteiger partial charge in [0.05, 0.1) is 12.6 Å². The van der Waals surface area contributed by atoms with E-state index in [1.165, 1.54) is 12.1 Å². The molecule has 2 bridgehead atoms. The Labute approximate surface area is 192 Å². The molecule has 2 aromatic rings. The molecule has 7 heteroatoms. The molecule has 6 rings (SSSR count). The van der Waals surface area contributed by atoms with Crippen molar-refractivity contribution in [3.8, 4) is 16.9 Å². The Bertz CT molecular complexity index is 1040. The Morgan fingerprint density at radius 3 is 2.72 bits per heavy atom. The fraction of sp³-hybridized carbons (Fsp3) is 0.480. The van der Waals surface area contributed by atoms with Crippen LogP contribution in [0.15, 0.2) is 36.4 Å². The van der Waals surface area contributed by atoms with Crippen LogP contribution in [0, 0.1) is 17.2 Å². The van der Waals surface area contributed by atoms with E-state index in [1.54, 1.807) is 6.07 Å². The van der Waals surface area contributed by atoms with Gasteiger partial charge >= 0.3 is 6.09 Å². The second kappa shape index (κ2) is 8.23. The van der Waals surface area contributed by atoms with Gasteiger partial charge in [-0.25, -0.2) is 9.18 Å². The van der Waals surface area contributed by atoms with Crippen LogP contribution in [0.2, 0.25) is 5.02 Å². The minimum Gasteiger partial charge on any atom is -0.493 e. The van der Waals surface area contributed by atoms with Crippen LogP contribution in [0.25, 0.3) is 11.1 Å². The summed E-state index contributed by atoms with van der Waals surface area (Å²) in [6.45, 7) is 7.59. The molecule has 0 aliphatic carbocycles. The lowest BCUT2D eigenvalue weighted by atomic mass is 9.78. The lowest BCUT2D eigenvalue weighted by Crippen LogP contribution is -2.53. The summed E-state index contributed by atoms with van der Waals surface area (Å²) in [5.74, 6) is 0.772. The highest BCUT2D eigenvalue weighted by molar-refractivity contribution is 6.33. The van der Waals surface area contributed by atoms with Gasteiger partial charge in [0.15, 0.2) is 0 Å². The quantitative estimate of drug-likeness (QED) is 0.666. The maximum Gasteiger partial charge on any atom is 0.407 e. The van der Waals surface area contributed by atoms with Gasteiger partial charge in [0.25, 0.3) is 0 Å². The number of carbonyl (C=O) groups excluding carboxylic acids is 1. The van der Waals surface area contributed by atoms with Gasteiger partial charge in [-0.15, -0.1) is 0 Å². The second-order valence-electron chi connectivity index (χ2n) is 9.81. The number of nitrogens with zero attached hydrogens (tertiary/aromatic N) is 1. The molecular formula is C25H28ClFN2O3. The van der Waals surface area contributed by atoms with Crippen molar-refractivity contribution >= 4 is 17.7 Å². The van der Waals surface area contributed by atoms with Crippen molar-refractivity contribution in [3.05, 3.63) is 52.8 Å². The number of carbonyl (C=O) groups is 1. The summed E-state index contributed by atoms with van der Waals surface area (Å²) in [5.41, 5.74) is 1.93. The van der Waals surface area contributed by atoms with E-state index < -0.39 is 0 Å². The van der Waals surface area contributed by atoms with Crippen LogP contribution in [0.3, 0.4) is 0 Å². The molecule has 3 fully saturated rings. The molecule has 1 amide bonds. The number of nitrogens with one attached hydrogen (secondary N) is 1. The fourth-order valence-corrected chi connectivity index (χ4v) is 5.39. The summed E-state index contributed by atoms with van der Waals surface area (Å²) in [6, 6.07) is 9.70. The van der Waals surface area contributed by atoms with Crippen LogP contribution in [0.5, 0.6) is 5.75 Å². The van der Waals surface area contributed by atoms with Crippen molar-refractivity contribution in [1.82, 2.24) is 10.2 Å². The van der Waals surface area contributed by atoms with Gasteiger partial charge in [0.1, 0.15) is 17.7 Å². The predicted molar refractivity (Wildman–Crippen MR) is 121 cm³/mol. The second-order valence-corrected chi connectivity index (χ2v) is 10.2. The number of hydrogen-bond acceptors (Lipinski definition) is 4. The normalized spacial score (nSPS) is 27.9. The van der Waals surface area contributed by atoms with Crippen molar-refractivity contribution in [2.45, 2.75) is 38.8 Å². The molecule has 4 aliphatic heterocycles. The van der Waals surface area contributed by atoms with Gasteiger partial charge in [-0.05, 0) is 61.7 Å². The highest BCUT2D eigenvalue weighted by Crippen LogP contribution is 2.45. The van der Waals surface area contributed by atoms with Crippen molar-refractivity contribution in [1.29, 1.82) is 0 Å². The van der Waals surface area contributed by atoms with E-state index in [9.17, 15) is 9.18 Å². The van der Waals surface area contributed by atoms with Crippen LogP contribution in [0.4, 0.5) is 9.18 Å². The summed E-state index contributed by atoms with van der Waals surface area (Å²) in [4.78, 5) is 15.2. The Hall–Kier alpha value is -2.31. The lowest BCUT2D eigenvalue weighted by molar-refractivity contribution is -0.0361. The zero-order chi connectivity index (χ0) is 22.5. The number of hydrogen-bond donors (Lipinski definition) is 1. The number of benzene rings is 2. The smallest absolute Gasteiger partial charge is 0.407 e. The van der Waals surface area contributed by atoms with Crippen molar-refractivity contribution in [3.63, 3.8) is 0 Å². The van der Waals surface area contributed by atoms with Crippen molar-refractivity contribution < 1.29 is 18.7 Å². The van der Waals surface area contributed by atoms with E-state index in [0.717, 1.165) is 43.6 Å². The first kappa shape index (κ1) is 21.5. The van der Waals surface area contributed by atoms with Gasteiger partial charge in [-0.2, -0.15) is 0 Å². The molecule has 0 radical (unpaired) electrons. The molecule has 4 heterocycles. The van der Waals surface area contributed by atoms with Gasteiger partial charge in [-0.3, -0.25) is 4.90 Å². The third-order valence-electron chi connectivity index (χ3n) is 7.06. The average Bonchev–Trinajstić information content (AvgIpc) is 2.78. The number of fused-ring (bicyclic) bond motifs is 4. The summed E-state index contributed by atoms with van der Waals surface area (Å²) < 4.78 is 25.7.